The van der Waals surface area contributed by atoms with Gasteiger partial charge < -0.3 is 33.3 Å². The predicted octanol–water partition coefficient (Wildman–Crippen LogP) is 25.5. The van der Waals surface area contributed by atoms with Crippen molar-refractivity contribution in [2.75, 3.05) is 47.5 Å². The molecule has 9 nitrogen and oxygen atoms in total. The summed E-state index contributed by atoms with van der Waals surface area (Å²) >= 11 is 0. The third-order valence-electron chi connectivity index (χ3n) is 17.9. The minimum absolute atomic E-state index is 0.145. The highest BCUT2D eigenvalue weighted by Crippen LogP contribution is 2.19. The van der Waals surface area contributed by atoms with E-state index in [0.717, 1.165) is 109 Å². The van der Waals surface area contributed by atoms with Crippen LogP contribution in [0, 0.1) is 0 Å². The number of rotatable bonds is 76. The van der Waals surface area contributed by atoms with E-state index in [0.29, 0.717) is 23.9 Å². The van der Waals surface area contributed by atoms with E-state index in [2.05, 4.69) is 148 Å². The molecule has 0 amide bonds. The van der Waals surface area contributed by atoms with Gasteiger partial charge >= 0.3 is 11.9 Å². The quantitative estimate of drug-likeness (QED) is 0.0195. The number of carbonyl (C=O) groups is 3. The van der Waals surface area contributed by atoms with Gasteiger partial charge in [0.1, 0.15) is 13.2 Å². The first kappa shape index (κ1) is 94.4. The van der Waals surface area contributed by atoms with Gasteiger partial charge in [0.25, 0.3) is 0 Å². The average molecular weight is 1380 g/mol. The van der Waals surface area contributed by atoms with Crippen molar-refractivity contribution in [1.82, 2.24) is 0 Å². The van der Waals surface area contributed by atoms with Crippen LogP contribution in [0.4, 0.5) is 0 Å². The standard InChI is InChI=1S/C90H155NO8/c1-6-8-10-12-14-16-18-20-22-24-26-28-30-32-34-36-38-40-42-43-44-45-47-48-50-52-54-56-58-60-62-64-66-68-70-72-74-76-78-80-87(92)97-84-86(85-98-90(89(94)95)96-83-82-91(3,4)5)99-88(93)81-79-77-75-73-71-69-67-65-63-61-59-57-55-53-51-49-46-41-39-37-35-33-31-29-27-25-23-21-19-17-15-13-11-9-7-2/h8-11,14-17,20-23,26-29,33,35,39,41,49,51,86,90H,6-7,12-13,18-19,24-25,30-32,34,36-38,40,42-48,50,52-85H2,1-5H3/b10-8-,11-9-,16-14-,17-15-,22-20-,23-21-,28-26-,29-27-,35-33-,41-39-,51-49-. The maximum atomic E-state index is 13.0. The lowest BCUT2D eigenvalue weighted by molar-refractivity contribution is -0.870. The Morgan fingerprint density at radius 2 is 0.545 bits per heavy atom. The van der Waals surface area contributed by atoms with Gasteiger partial charge in [-0.1, -0.05) is 372 Å². The molecule has 0 rings (SSSR count). The molecule has 0 aliphatic rings. The van der Waals surface area contributed by atoms with Crippen LogP contribution in [0.5, 0.6) is 0 Å². The zero-order valence-electron chi connectivity index (χ0n) is 65.1. The molecular weight excluding hydrogens is 1220 g/mol. The van der Waals surface area contributed by atoms with Crippen molar-refractivity contribution in [2.45, 2.75) is 373 Å². The highest BCUT2D eigenvalue weighted by atomic mass is 16.7. The Balaban J connectivity index is 4.00. The predicted molar refractivity (Wildman–Crippen MR) is 426 cm³/mol. The molecule has 0 aromatic heterocycles. The van der Waals surface area contributed by atoms with Crippen LogP contribution in [0.25, 0.3) is 0 Å². The fourth-order valence-electron chi connectivity index (χ4n) is 11.7. The first-order valence-corrected chi connectivity index (χ1v) is 41.3. The summed E-state index contributed by atoms with van der Waals surface area (Å²) in [6.45, 7) is 4.56. The summed E-state index contributed by atoms with van der Waals surface area (Å²) in [6, 6.07) is 0. The maximum absolute atomic E-state index is 13.0. The molecule has 0 aliphatic carbocycles. The summed E-state index contributed by atoms with van der Waals surface area (Å²) in [6.07, 6.45) is 112. The number of unbranched alkanes of at least 4 members (excludes halogenated alkanes) is 39. The fourth-order valence-corrected chi connectivity index (χ4v) is 11.7. The van der Waals surface area contributed by atoms with E-state index in [1.165, 1.54) is 218 Å². The molecule has 0 aromatic rings. The third-order valence-corrected chi connectivity index (χ3v) is 17.9. The number of hydrogen-bond donors (Lipinski definition) is 0. The fraction of sp³-hybridized carbons (Fsp3) is 0.722. The second-order valence-corrected chi connectivity index (χ2v) is 28.7. The Kier molecular flexibility index (Phi) is 75.5. The molecule has 0 bridgehead atoms. The van der Waals surface area contributed by atoms with Gasteiger partial charge in [-0.2, -0.15) is 0 Å². The molecule has 0 aromatic carbocycles. The summed E-state index contributed by atoms with van der Waals surface area (Å²) in [5, 5.41) is 11.9. The molecule has 99 heavy (non-hydrogen) atoms. The van der Waals surface area contributed by atoms with E-state index in [1.54, 1.807) is 0 Å². The number of nitrogens with zero attached hydrogens (tertiary/aromatic N) is 1. The second-order valence-electron chi connectivity index (χ2n) is 28.7. The Bertz CT molecular complexity index is 2100. The number of carboxylic acids is 1. The minimum Gasteiger partial charge on any atom is -0.545 e. The SMILES string of the molecule is CC/C=C\C/C=C\C/C=C\C/C=C\C/C=C\C/C=C\C/C=C\CCCCCCCCCCCCCCCC(=O)OC(COC(=O)CCCCCCCCCCCCCCCCCCCCCCCCCCCC/C=C\C/C=C\C/C=C\C/C=C\CC)COC(OCC[N+](C)(C)C)C(=O)[O-]. The van der Waals surface area contributed by atoms with Gasteiger partial charge in [-0.25, -0.2) is 0 Å². The number of esters is 2. The van der Waals surface area contributed by atoms with Crippen molar-refractivity contribution in [1.29, 1.82) is 0 Å². The number of allylic oxidation sites excluding steroid dienone is 22. The molecule has 0 N–H and O–H groups in total. The summed E-state index contributed by atoms with van der Waals surface area (Å²) < 4.78 is 22.9. The van der Waals surface area contributed by atoms with Gasteiger partial charge in [0.15, 0.2) is 12.4 Å². The lowest BCUT2D eigenvalue weighted by Crippen LogP contribution is -2.44. The molecule has 0 aliphatic heterocycles. The average Bonchev–Trinajstić information content (AvgIpc) is 1.16. The van der Waals surface area contributed by atoms with Crippen LogP contribution in [0.15, 0.2) is 134 Å². The zero-order valence-corrected chi connectivity index (χ0v) is 65.1. The number of quaternary nitrogens is 1. The monoisotopic (exact) mass is 1380 g/mol. The Labute approximate surface area is 611 Å². The zero-order chi connectivity index (χ0) is 71.8. The molecule has 0 radical (unpaired) electrons. The van der Waals surface area contributed by atoms with Crippen LogP contribution in [0.3, 0.4) is 0 Å². The Morgan fingerprint density at radius 3 is 0.808 bits per heavy atom. The number of hydrogen-bond acceptors (Lipinski definition) is 8. The summed E-state index contributed by atoms with van der Waals surface area (Å²) in [5.74, 6) is -2.27. The Hall–Kier alpha value is -4.57. The van der Waals surface area contributed by atoms with Crippen LogP contribution >= 0.6 is 0 Å². The normalized spacial score (nSPS) is 13.3. The van der Waals surface area contributed by atoms with Crippen molar-refractivity contribution in [3.8, 4) is 0 Å². The molecule has 0 saturated heterocycles. The highest BCUT2D eigenvalue weighted by molar-refractivity contribution is 5.70. The first-order chi connectivity index (χ1) is 48.6. The lowest BCUT2D eigenvalue weighted by atomic mass is 10.0. The summed E-state index contributed by atoms with van der Waals surface area (Å²) in [7, 11) is 5.94. The van der Waals surface area contributed by atoms with Crippen molar-refractivity contribution >= 4 is 17.9 Å². The van der Waals surface area contributed by atoms with Crippen LogP contribution in [0.1, 0.15) is 361 Å². The topological polar surface area (TPSA) is 111 Å². The highest BCUT2D eigenvalue weighted by Gasteiger charge is 2.22. The number of aliphatic carboxylic acids is 1. The molecular formula is C90H155NO8. The molecule has 0 fully saturated rings. The summed E-state index contributed by atoms with van der Waals surface area (Å²) in [4.78, 5) is 37.6. The van der Waals surface area contributed by atoms with Gasteiger partial charge in [-0.3, -0.25) is 9.59 Å². The first-order valence-electron chi connectivity index (χ1n) is 41.3. The van der Waals surface area contributed by atoms with E-state index in [4.69, 9.17) is 18.9 Å². The molecule has 9 heteroatoms. The van der Waals surface area contributed by atoms with Crippen molar-refractivity contribution < 1.29 is 42.9 Å². The van der Waals surface area contributed by atoms with E-state index in [9.17, 15) is 19.5 Å². The van der Waals surface area contributed by atoms with Crippen LogP contribution in [-0.4, -0.2) is 82.3 Å². The molecule has 0 spiro atoms. The van der Waals surface area contributed by atoms with Crippen LogP contribution < -0.4 is 5.11 Å². The number of carbonyl (C=O) groups excluding carboxylic acids is 3. The van der Waals surface area contributed by atoms with Crippen LogP contribution in [0.2, 0.25) is 0 Å². The Morgan fingerprint density at radius 1 is 0.303 bits per heavy atom. The summed E-state index contributed by atoms with van der Waals surface area (Å²) in [5.41, 5.74) is 0. The molecule has 0 saturated carbocycles. The smallest absolute Gasteiger partial charge is 0.306 e. The van der Waals surface area contributed by atoms with E-state index < -0.39 is 24.3 Å². The molecule has 568 valence electrons. The van der Waals surface area contributed by atoms with E-state index >= 15 is 0 Å². The van der Waals surface area contributed by atoms with Gasteiger partial charge in [0, 0.05) is 12.8 Å². The molecule has 2 unspecified atom stereocenters. The largest absolute Gasteiger partial charge is 0.545 e. The van der Waals surface area contributed by atoms with Crippen molar-refractivity contribution in [2.24, 2.45) is 0 Å². The lowest BCUT2D eigenvalue weighted by Gasteiger charge is -2.26. The maximum Gasteiger partial charge on any atom is 0.306 e. The number of carboxylic acid groups (broad SMARTS) is 1. The van der Waals surface area contributed by atoms with Gasteiger partial charge in [0.2, 0.25) is 0 Å². The van der Waals surface area contributed by atoms with Crippen LogP contribution in [-0.2, 0) is 33.3 Å². The van der Waals surface area contributed by atoms with Gasteiger partial charge in [-0.05, 0) is 109 Å². The third kappa shape index (κ3) is 80.6. The van der Waals surface area contributed by atoms with Gasteiger partial charge in [0.05, 0.1) is 40.3 Å². The van der Waals surface area contributed by atoms with Crippen molar-refractivity contribution in [3.05, 3.63) is 134 Å². The van der Waals surface area contributed by atoms with Crippen molar-refractivity contribution in [3.63, 3.8) is 0 Å². The molecule has 2 atom stereocenters. The van der Waals surface area contributed by atoms with Gasteiger partial charge in [-0.15, -0.1) is 0 Å². The van der Waals surface area contributed by atoms with E-state index in [-0.39, 0.29) is 32.2 Å². The van der Waals surface area contributed by atoms with E-state index in [1.807, 2.05) is 21.1 Å². The second kappa shape index (κ2) is 79.1. The molecule has 0 heterocycles. The number of likely N-dealkylation sites (N-methyl/N-ethyl adjacent to an activating group) is 1. The number of ether oxygens (including phenoxy) is 4. The minimum atomic E-state index is -1.63.